The Morgan fingerprint density at radius 1 is 0.778 bits per heavy atom. The van der Waals surface area contributed by atoms with Crippen LogP contribution >= 0.6 is 23.2 Å². The van der Waals surface area contributed by atoms with Gasteiger partial charge in [-0.1, -0.05) is 59.6 Å². The minimum atomic E-state index is -1.17. The molecule has 4 rings (SSSR count). The number of nitrogens with one attached hydrogen (secondary N) is 1. The van der Waals surface area contributed by atoms with Crippen molar-refractivity contribution < 1.29 is 24.2 Å². The number of rotatable bonds is 9. The summed E-state index contributed by atoms with van der Waals surface area (Å²) >= 11 is 12.4. The summed E-state index contributed by atoms with van der Waals surface area (Å²) in [7, 11) is 0. The molecule has 4 aromatic rings. The Bertz CT molecular complexity index is 1330. The molecule has 0 unspecified atom stereocenters. The number of carbonyl (C=O) groups is 2. The Hall–Kier alpha value is -4.14. The Morgan fingerprint density at radius 3 is 1.75 bits per heavy atom. The number of carboxylic acids is 1. The summed E-state index contributed by atoms with van der Waals surface area (Å²) in [5, 5.41) is 12.6. The van der Waals surface area contributed by atoms with E-state index in [1.54, 1.807) is 30.3 Å². The molecule has 1 aromatic heterocycles. The number of halogens is 2. The number of hydrogen-bond donors (Lipinski definition) is 2. The van der Waals surface area contributed by atoms with Gasteiger partial charge >= 0.3 is 5.97 Å². The Balaban J connectivity index is 1.56. The van der Waals surface area contributed by atoms with Gasteiger partial charge in [-0.25, -0.2) is 14.8 Å². The second kappa shape index (κ2) is 11.5. The number of nitrogens with zero attached hydrogens (tertiary/aromatic N) is 2. The standard InChI is InChI=1S/C26H19Cl2N3O5/c27-22-7-3-1-5-16(22)14-35-20-9-18(24(32)31-26-29-12-19(13-30-26)25(33)34)10-21(11-20)36-15-17-6-2-4-8-23(17)28/h1-13H,14-15H2,(H,33,34)(H,29,30,31,32). The molecule has 3 aromatic carbocycles. The molecule has 0 aliphatic rings. The molecule has 10 heteroatoms. The van der Waals surface area contributed by atoms with Crippen LogP contribution in [0.5, 0.6) is 11.5 Å². The summed E-state index contributed by atoms with van der Waals surface area (Å²) in [5.41, 5.74) is 1.67. The zero-order valence-electron chi connectivity index (χ0n) is 18.7. The molecular weight excluding hydrogens is 505 g/mol. The van der Waals surface area contributed by atoms with Crippen molar-refractivity contribution in [1.29, 1.82) is 0 Å². The molecule has 0 spiro atoms. The van der Waals surface area contributed by atoms with Crippen LogP contribution in [0.4, 0.5) is 5.95 Å². The summed E-state index contributed by atoms with van der Waals surface area (Å²) in [6, 6.07) is 19.3. The Morgan fingerprint density at radius 2 is 1.28 bits per heavy atom. The molecule has 2 N–H and O–H groups in total. The number of ether oxygens (including phenoxy) is 2. The van der Waals surface area contributed by atoms with E-state index in [4.69, 9.17) is 37.8 Å². The molecule has 0 atom stereocenters. The van der Waals surface area contributed by atoms with E-state index in [-0.39, 0.29) is 30.3 Å². The number of aromatic nitrogens is 2. The maximum Gasteiger partial charge on any atom is 0.338 e. The zero-order valence-corrected chi connectivity index (χ0v) is 20.2. The van der Waals surface area contributed by atoms with Crippen LogP contribution in [0.25, 0.3) is 0 Å². The highest BCUT2D eigenvalue weighted by Crippen LogP contribution is 2.27. The van der Waals surface area contributed by atoms with Gasteiger partial charge in [0.15, 0.2) is 0 Å². The number of anilines is 1. The molecule has 0 saturated heterocycles. The lowest BCUT2D eigenvalue weighted by Crippen LogP contribution is -2.15. The predicted octanol–water partition coefficient (Wildman–Crippen LogP) is 5.89. The third kappa shape index (κ3) is 6.50. The summed E-state index contributed by atoms with van der Waals surface area (Å²) in [6.45, 7) is 0.350. The second-order valence-corrected chi connectivity index (χ2v) is 8.32. The van der Waals surface area contributed by atoms with E-state index in [1.807, 2.05) is 36.4 Å². The molecule has 1 heterocycles. The molecule has 0 bridgehead atoms. The van der Waals surface area contributed by atoms with Gasteiger partial charge in [0.1, 0.15) is 24.7 Å². The lowest BCUT2D eigenvalue weighted by Gasteiger charge is -2.13. The van der Waals surface area contributed by atoms with Gasteiger partial charge in [-0.2, -0.15) is 0 Å². The lowest BCUT2D eigenvalue weighted by atomic mass is 10.1. The van der Waals surface area contributed by atoms with E-state index in [1.165, 1.54) is 0 Å². The zero-order chi connectivity index (χ0) is 25.5. The van der Waals surface area contributed by atoms with E-state index < -0.39 is 11.9 Å². The first-order valence-electron chi connectivity index (χ1n) is 10.6. The van der Waals surface area contributed by atoms with Gasteiger partial charge in [0, 0.05) is 45.2 Å². The van der Waals surface area contributed by atoms with Crippen molar-refractivity contribution in [2.24, 2.45) is 0 Å². The van der Waals surface area contributed by atoms with Crippen molar-refractivity contribution in [3.05, 3.63) is 111 Å². The molecule has 0 radical (unpaired) electrons. The Labute approximate surface area is 216 Å². The largest absolute Gasteiger partial charge is 0.489 e. The number of carbonyl (C=O) groups excluding carboxylic acids is 1. The number of carboxylic acid groups (broad SMARTS) is 1. The van der Waals surface area contributed by atoms with Gasteiger partial charge in [0.25, 0.3) is 5.91 Å². The lowest BCUT2D eigenvalue weighted by molar-refractivity contribution is 0.0696. The summed E-state index contributed by atoms with van der Waals surface area (Å²) in [5.74, 6) is -1.01. The minimum Gasteiger partial charge on any atom is -0.489 e. The van der Waals surface area contributed by atoms with Crippen LogP contribution in [0.2, 0.25) is 10.0 Å². The summed E-state index contributed by atoms with van der Waals surface area (Å²) in [4.78, 5) is 31.7. The first-order valence-corrected chi connectivity index (χ1v) is 11.4. The second-order valence-electron chi connectivity index (χ2n) is 7.51. The monoisotopic (exact) mass is 523 g/mol. The van der Waals surface area contributed by atoms with Crippen molar-refractivity contribution in [3.8, 4) is 11.5 Å². The highest BCUT2D eigenvalue weighted by Gasteiger charge is 2.14. The smallest absolute Gasteiger partial charge is 0.338 e. The predicted molar refractivity (Wildman–Crippen MR) is 135 cm³/mol. The van der Waals surface area contributed by atoms with Crippen LogP contribution in [-0.2, 0) is 13.2 Å². The van der Waals surface area contributed by atoms with Gasteiger partial charge in [0.05, 0.1) is 5.56 Å². The van der Waals surface area contributed by atoms with Crippen LogP contribution in [0.3, 0.4) is 0 Å². The van der Waals surface area contributed by atoms with Crippen molar-refractivity contribution in [2.75, 3.05) is 5.32 Å². The fourth-order valence-electron chi connectivity index (χ4n) is 3.10. The average Bonchev–Trinajstić information content (AvgIpc) is 2.88. The maximum atomic E-state index is 12.9. The molecule has 0 saturated carbocycles. The van der Waals surface area contributed by atoms with E-state index in [0.717, 1.165) is 23.5 Å². The SMILES string of the molecule is O=C(O)c1cnc(NC(=O)c2cc(OCc3ccccc3Cl)cc(OCc3ccccc3Cl)c2)nc1. The first-order chi connectivity index (χ1) is 17.4. The van der Waals surface area contributed by atoms with Crippen molar-refractivity contribution in [1.82, 2.24) is 9.97 Å². The molecular formula is C26H19Cl2N3O5. The third-order valence-electron chi connectivity index (χ3n) is 4.97. The van der Waals surface area contributed by atoms with Gasteiger partial charge in [-0.05, 0) is 24.3 Å². The number of aromatic carboxylic acids is 1. The van der Waals surface area contributed by atoms with E-state index >= 15 is 0 Å². The maximum absolute atomic E-state index is 12.9. The van der Waals surface area contributed by atoms with Crippen molar-refractivity contribution >= 4 is 41.0 Å². The van der Waals surface area contributed by atoms with Gasteiger partial charge in [-0.15, -0.1) is 0 Å². The highest BCUT2D eigenvalue weighted by molar-refractivity contribution is 6.31. The topological polar surface area (TPSA) is 111 Å². The number of amides is 1. The minimum absolute atomic E-state index is 0.0501. The van der Waals surface area contributed by atoms with E-state index in [2.05, 4.69) is 15.3 Å². The van der Waals surface area contributed by atoms with Gasteiger partial charge in [-0.3, -0.25) is 10.1 Å². The molecule has 1 amide bonds. The summed E-state index contributed by atoms with van der Waals surface area (Å²) in [6.07, 6.45) is 2.21. The summed E-state index contributed by atoms with van der Waals surface area (Å²) < 4.78 is 11.8. The Kier molecular flexibility index (Phi) is 7.99. The molecule has 182 valence electrons. The van der Waals surface area contributed by atoms with Crippen LogP contribution in [0.15, 0.2) is 79.1 Å². The molecule has 36 heavy (non-hydrogen) atoms. The highest BCUT2D eigenvalue weighted by atomic mass is 35.5. The van der Waals surface area contributed by atoms with Crippen LogP contribution < -0.4 is 14.8 Å². The normalized spacial score (nSPS) is 10.5. The van der Waals surface area contributed by atoms with E-state index in [9.17, 15) is 9.59 Å². The fourth-order valence-corrected chi connectivity index (χ4v) is 3.48. The molecule has 0 aliphatic carbocycles. The molecule has 0 aliphatic heterocycles. The van der Waals surface area contributed by atoms with Crippen molar-refractivity contribution in [3.63, 3.8) is 0 Å². The quantitative estimate of drug-likeness (QED) is 0.281. The fraction of sp³-hybridized carbons (Fsp3) is 0.0769. The average molecular weight is 524 g/mol. The van der Waals surface area contributed by atoms with Gasteiger partial charge in [0.2, 0.25) is 5.95 Å². The van der Waals surface area contributed by atoms with Crippen LogP contribution in [0, 0.1) is 0 Å². The number of hydrogen-bond acceptors (Lipinski definition) is 6. The first kappa shape index (κ1) is 25.0. The number of benzene rings is 3. The molecule has 0 fully saturated rings. The third-order valence-corrected chi connectivity index (χ3v) is 5.71. The van der Waals surface area contributed by atoms with Gasteiger partial charge < -0.3 is 14.6 Å². The van der Waals surface area contributed by atoms with Crippen molar-refractivity contribution in [2.45, 2.75) is 13.2 Å². The van der Waals surface area contributed by atoms with E-state index in [0.29, 0.717) is 21.5 Å². The van der Waals surface area contributed by atoms with Crippen LogP contribution in [0.1, 0.15) is 31.8 Å². The molecule has 8 nitrogen and oxygen atoms in total. The van der Waals surface area contributed by atoms with Crippen LogP contribution in [-0.4, -0.2) is 27.0 Å².